The lowest BCUT2D eigenvalue weighted by Gasteiger charge is -2.01. The highest BCUT2D eigenvalue weighted by Gasteiger charge is 2.15. The van der Waals surface area contributed by atoms with Crippen LogP contribution in [0.15, 0.2) is 46.2 Å². The van der Waals surface area contributed by atoms with Gasteiger partial charge in [-0.25, -0.2) is 18.1 Å². The smallest absolute Gasteiger partial charge is 0.250 e. The van der Waals surface area contributed by atoms with Crippen LogP contribution in [-0.4, -0.2) is 17.8 Å². The molecule has 3 rings (SSSR count). The fourth-order valence-electron chi connectivity index (χ4n) is 1.76. The van der Waals surface area contributed by atoms with Crippen molar-refractivity contribution in [3.05, 3.63) is 52.8 Å². The molecule has 0 atom stereocenters. The van der Waals surface area contributed by atoms with Gasteiger partial charge in [0.05, 0.1) is 17.3 Å². The Morgan fingerprint density at radius 3 is 2.90 bits per heavy atom. The van der Waals surface area contributed by atoms with Gasteiger partial charge in [0, 0.05) is 12.4 Å². The van der Waals surface area contributed by atoms with Gasteiger partial charge in [-0.1, -0.05) is 17.7 Å². The highest BCUT2D eigenvalue weighted by molar-refractivity contribution is 7.91. The molecule has 0 bridgehead atoms. The second kappa shape index (κ2) is 5.17. The summed E-state index contributed by atoms with van der Waals surface area (Å²) in [6.45, 7) is 0.138. The van der Waals surface area contributed by atoms with Gasteiger partial charge in [0.25, 0.3) is 0 Å². The Kier molecular flexibility index (Phi) is 3.51. The summed E-state index contributed by atoms with van der Waals surface area (Å²) in [7, 11) is -3.47. The molecule has 0 amide bonds. The molecule has 104 valence electrons. The normalized spacial score (nSPS) is 12.1. The van der Waals surface area contributed by atoms with E-state index in [1.165, 1.54) is 11.3 Å². The number of hydrogen-bond donors (Lipinski definition) is 1. The molecule has 5 nitrogen and oxygen atoms in total. The van der Waals surface area contributed by atoms with Crippen molar-refractivity contribution < 1.29 is 8.42 Å². The molecule has 0 spiro atoms. The Bertz CT molecular complexity index is 841. The van der Waals surface area contributed by atoms with Crippen LogP contribution in [0.5, 0.6) is 0 Å². The highest BCUT2D eigenvalue weighted by atomic mass is 35.5. The quantitative estimate of drug-likeness (QED) is 0.801. The largest absolute Gasteiger partial charge is 0.305 e. The molecule has 8 heteroatoms. The van der Waals surface area contributed by atoms with Crippen molar-refractivity contribution in [1.82, 2.24) is 14.1 Å². The second-order valence-electron chi connectivity index (χ2n) is 4.10. The maximum Gasteiger partial charge on any atom is 0.250 e. The summed E-state index contributed by atoms with van der Waals surface area (Å²) in [5.74, 6) is 0. The molecule has 20 heavy (non-hydrogen) atoms. The van der Waals surface area contributed by atoms with Gasteiger partial charge in [0.15, 0.2) is 0 Å². The van der Waals surface area contributed by atoms with E-state index in [9.17, 15) is 8.42 Å². The number of halogens is 1. The van der Waals surface area contributed by atoms with Gasteiger partial charge in [-0.05, 0) is 23.6 Å². The van der Waals surface area contributed by atoms with E-state index in [4.69, 9.17) is 11.6 Å². The van der Waals surface area contributed by atoms with E-state index in [-0.39, 0.29) is 6.54 Å². The van der Waals surface area contributed by atoms with Gasteiger partial charge in [-0.15, -0.1) is 11.3 Å². The van der Waals surface area contributed by atoms with Crippen LogP contribution in [0.2, 0.25) is 5.02 Å². The zero-order valence-electron chi connectivity index (χ0n) is 10.2. The summed E-state index contributed by atoms with van der Waals surface area (Å²) in [4.78, 5) is 4.32. The summed E-state index contributed by atoms with van der Waals surface area (Å²) in [5, 5.41) is 2.32. The number of fused-ring (bicyclic) bond motifs is 1. The zero-order chi connectivity index (χ0) is 14.2. The van der Waals surface area contributed by atoms with Gasteiger partial charge < -0.3 is 4.40 Å². The summed E-state index contributed by atoms with van der Waals surface area (Å²) in [5.41, 5.74) is 1.35. The minimum absolute atomic E-state index is 0.138. The monoisotopic (exact) mass is 327 g/mol. The van der Waals surface area contributed by atoms with E-state index >= 15 is 0 Å². The predicted octanol–water partition coefficient (Wildman–Crippen LogP) is 2.53. The highest BCUT2D eigenvalue weighted by Crippen LogP contribution is 2.16. The van der Waals surface area contributed by atoms with Crippen LogP contribution in [0.4, 0.5) is 0 Å². The standard InChI is InChI=1S/C12H10ClN3O2S2/c13-9-3-4-11-15-10(8-16(11)7-9)6-14-20(17,18)12-2-1-5-19-12/h1-5,7-8,14H,6H2. The molecule has 1 N–H and O–H groups in total. The molecule has 0 unspecified atom stereocenters. The summed E-state index contributed by atoms with van der Waals surface area (Å²) >= 11 is 7.06. The Balaban J connectivity index is 1.80. The molecule has 0 aromatic carbocycles. The molecule has 0 saturated carbocycles. The molecule has 0 fully saturated rings. The average Bonchev–Trinajstić information content (AvgIpc) is 3.05. The number of sulfonamides is 1. The number of aromatic nitrogens is 2. The van der Waals surface area contributed by atoms with Crippen LogP contribution in [0.1, 0.15) is 5.69 Å². The first-order chi connectivity index (χ1) is 9.54. The van der Waals surface area contributed by atoms with Crippen molar-refractivity contribution in [2.24, 2.45) is 0 Å². The van der Waals surface area contributed by atoms with Gasteiger partial charge in [0.2, 0.25) is 10.0 Å². The van der Waals surface area contributed by atoms with E-state index in [2.05, 4.69) is 9.71 Å². The Hall–Kier alpha value is -1.41. The molecule has 0 saturated heterocycles. The fraction of sp³-hybridized carbons (Fsp3) is 0.0833. The van der Waals surface area contributed by atoms with Crippen LogP contribution in [0.25, 0.3) is 5.65 Å². The number of pyridine rings is 1. The number of nitrogens with one attached hydrogen (secondary N) is 1. The van der Waals surface area contributed by atoms with Crippen LogP contribution in [-0.2, 0) is 16.6 Å². The molecular formula is C12H10ClN3O2S2. The lowest BCUT2D eigenvalue weighted by molar-refractivity contribution is 0.583. The maximum absolute atomic E-state index is 12.0. The number of rotatable bonds is 4. The lowest BCUT2D eigenvalue weighted by atomic mass is 10.5. The topological polar surface area (TPSA) is 63.5 Å². The fourth-order valence-corrected chi connectivity index (χ4v) is 3.96. The van der Waals surface area contributed by atoms with Crippen molar-refractivity contribution >= 4 is 38.6 Å². The van der Waals surface area contributed by atoms with Crippen molar-refractivity contribution in [3.8, 4) is 0 Å². The van der Waals surface area contributed by atoms with Crippen LogP contribution in [0.3, 0.4) is 0 Å². The van der Waals surface area contributed by atoms with Crippen molar-refractivity contribution in [2.45, 2.75) is 10.8 Å². The van der Waals surface area contributed by atoms with E-state index in [0.29, 0.717) is 14.9 Å². The first-order valence-corrected chi connectivity index (χ1v) is 8.45. The predicted molar refractivity (Wildman–Crippen MR) is 78.5 cm³/mol. The van der Waals surface area contributed by atoms with E-state index in [1.54, 1.807) is 46.4 Å². The number of nitrogens with zero attached hydrogens (tertiary/aromatic N) is 2. The van der Waals surface area contributed by atoms with Crippen LogP contribution < -0.4 is 4.72 Å². The third-order valence-electron chi connectivity index (χ3n) is 2.67. The first-order valence-electron chi connectivity index (χ1n) is 5.71. The Morgan fingerprint density at radius 1 is 1.30 bits per heavy atom. The van der Waals surface area contributed by atoms with Gasteiger partial charge >= 0.3 is 0 Å². The molecule has 0 radical (unpaired) electrons. The van der Waals surface area contributed by atoms with E-state index in [0.717, 1.165) is 5.65 Å². The number of imidazole rings is 1. The molecule has 3 aromatic rings. The zero-order valence-corrected chi connectivity index (χ0v) is 12.5. The van der Waals surface area contributed by atoms with E-state index in [1.807, 2.05) is 0 Å². The van der Waals surface area contributed by atoms with Crippen molar-refractivity contribution in [3.63, 3.8) is 0 Å². The minimum Gasteiger partial charge on any atom is -0.305 e. The summed E-state index contributed by atoms with van der Waals surface area (Å²) < 4.78 is 28.5. The first kappa shape index (κ1) is 13.6. The Labute approximate surface area is 124 Å². The lowest BCUT2D eigenvalue weighted by Crippen LogP contribution is -2.22. The van der Waals surface area contributed by atoms with Gasteiger partial charge in [-0.3, -0.25) is 0 Å². The third kappa shape index (κ3) is 2.71. The van der Waals surface area contributed by atoms with Gasteiger partial charge in [0.1, 0.15) is 9.86 Å². The molecule has 0 aliphatic carbocycles. The van der Waals surface area contributed by atoms with Crippen molar-refractivity contribution in [1.29, 1.82) is 0 Å². The molecule has 3 heterocycles. The van der Waals surface area contributed by atoms with Crippen LogP contribution >= 0.6 is 22.9 Å². The third-order valence-corrected chi connectivity index (χ3v) is 5.69. The average molecular weight is 328 g/mol. The maximum atomic E-state index is 12.0. The Morgan fingerprint density at radius 2 is 2.15 bits per heavy atom. The summed E-state index contributed by atoms with van der Waals surface area (Å²) in [6.07, 6.45) is 3.47. The van der Waals surface area contributed by atoms with Crippen molar-refractivity contribution in [2.75, 3.05) is 0 Å². The SMILES string of the molecule is O=S(=O)(NCc1cn2cc(Cl)ccc2n1)c1cccs1. The molecule has 3 aromatic heterocycles. The van der Waals surface area contributed by atoms with Crippen LogP contribution in [0, 0.1) is 0 Å². The second-order valence-corrected chi connectivity index (χ2v) is 7.48. The number of hydrogen-bond acceptors (Lipinski definition) is 4. The summed E-state index contributed by atoms with van der Waals surface area (Å²) in [6, 6.07) is 6.78. The van der Waals surface area contributed by atoms with E-state index < -0.39 is 10.0 Å². The molecule has 0 aliphatic rings. The number of thiophene rings is 1. The molecular weight excluding hydrogens is 318 g/mol. The molecule has 0 aliphatic heterocycles. The van der Waals surface area contributed by atoms with Gasteiger partial charge in [-0.2, -0.15) is 0 Å². The minimum atomic E-state index is -3.47.